The average Bonchev–Trinajstić information content (AvgIpc) is 3.33. The monoisotopic (exact) mass is 429 g/mol. The lowest BCUT2D eigenvalue weighted by atomic mass is 9.65. The molecule has 0 saturated carbocycles. The molecular weight excluding hydrogens is 398 g/mol. The van der Waals surface area contributed by atoms with Crippen molar-refractivity contribution in [2.75, 3.05) is 18.5 Å². The van der Waals surface area contributed by atoms with E-state index in [2.05, 4.69) is 10.6 Å². The van der Waals surface area contributed by atoms with E-state index in [1.165, 1.54) is 4.90 Å². The Hall–Kier alpha value is -2.45. The smallest absolute Gasteiger partial charge is 0.246 e. The third-order valence-electron chi connectivity index (χ3n) is 7.02. The molecule has 3 amide bonds. The van der Waals surface area contributed by atoms with Crippen molar-refractivity contribution >= 4 is 23.4 Å². The Morgan fingerprint density at radius 3 is 2.55 bits per heavy atom. The number of nitrogens with zero attached hydrogens (tertiary/aromatic N) is 1. The zero-order valence-electron chi connectivity index (χ0n) is 18.3. The molecule has 3 N–H and O–H groups in total. The Morgan fingerprint density at radius 1 is 1.23 bits per heavy atom. The summed E-state index contributed by atoms with van der Waals surface area (Å²) in [6.07, 6.45) is 1.72. The number of aliphatic hydroxyl groups excluding tert-OH is 1. The number of amides is 3. The minimum atomic E-state index is -1.06. The van der Waals surface area contributed by atoms with E-state index < -0.39 is 29.1 Å². The molecular formula is C23H31N3O5. The molecule has 2 unspecified atom stereocenters. The summed E-state index contributed by atoms with van der Waals surface area (Å²) in [5, 5.41) is 15.4. The summed E-state index contributed by atoms with van der Waals surface area (Å²) in [7, 11) is 0. The third kappa shape index (κ3) is 3.24. The number of nitrogens with one attached hydrogen (secondary N) is 2. The van der Waals surface area contributed by atoms with Crippen LogP contribution in [0.15, 0.2) is 30.3 Å². The number of likely N-dealkylation sites (tertiary alicyclic amines) is 1. The van der Waals surface area contributed by atoms with Crippen molar-refractivity contribution in [3.63, 3.8) is 0 Å². The second-order valence-electron chi connectivity index (χ2n) is 9.11. The van der Waals surface area contributed by atoms with E-state index >= 15 is 0 Å². The van der Waals surface area contributed by atoms with E-state index in [0.29, 0.717) is 24.9 Å². The largest absolute Gasteiger partial charge is 0.395 e. The number of hydrogen-bond acceptors (Lipinski definition) is 5. The second kappa shape index (κ2) is 7.91. The Bertz CT molecular complexity index is 875. The van der Waals surface area contributed by atoms with Gasteiger partial charge in [-0.3, -0.25) is 14.4 Å². The topological polar surface area (TPSA) is 108 Å². The van der Waals surface area contributed by atoms with E-state index in [4.69, 9.17) is 4.74 Å². The number of para-hydroxylation sites is 1. The average molecular weight is 430 g/mol. The first-order chi connectivity index (χ1) is 14.8. The van der Waals surface area contributed by atoms with Gasteiger partial charge in [0.15, 0.2) is 0 Å². The summed E-state index contributed by atoms with van der Waals surface area (Å²) in [4.78, 5) is 41.6. The van der Waals surface area contributed by atoms with E-state index in [-0.39, 0.29) is 36.9 Å². The van der Waals surface area contributed by atoms with Crippen molar-refractivity contribution in [2.24, 2.45) is 11.8 Å². The zero-order valence-corrected chi connectivity index (χ0v) is 18.3. The summed E-state index contributed by atoms with van der Waals surface area (Å²) in [5.74, 6) is -2.30. The zero-order chi connectivity index (χ0) is 22.4. The van der Waals surface area contributed by atoms with Crippen molar-refractivity contribution in [3.8, 4) is 0 Å². The quantitative estimate of drug-likeness (QED) is 0.606. The number of carbonyl (C=O) groups excluding carboxylic acids is 3. The fourth-order valence-corrected chi connectivity index (χ4v) is 5.87. The van der Waals surface area contributed by atoms with E-state index in [0.717, 1.165) is 0 Å². The van der Waals surface area contributed by atoms with E-state index in [1.54, 1.807) is 12.1 Å². The maximum absolute atomic E-state index is 13.6. The van der Waals surface area contributed by atoms with Gasteiger partial charge in [-0.15, -0.1) is 0 Å². The van der Waals surface area contributed by atoms with Crippen LogP contribution in [-0.4, -0.2) is 64.2 Å². The Balaban J connectivity index is 1.73. The first kappa shape index (κ1) is 21.8. The number of carbonyl (C=O) groups is 3. The van der Waals surface area contributed by atoms with Crippen molar-refractivity contribution in [1.82, 2.24) is 10.2 Å². The molecule has 3 aliphatic heterocycles. The van der Waals surface area contributed by atoms with Crippen LogP contribution in [0.2, 0.25) is 0 Å². The predicted octanol–water partition coefficient (Wildman–Crippen LogP) is 1.30. The molecule has 0 aromatic heterocycles. The number of fused-ring (bicyclic) bond motifs is 1. The number of benzene rings is 1. The van der Waals surface area contributed by atoms with Crippen molar-refractivity contribution < 1.29 is 24.2 Å². The highest BCUT2D eigenvalue weighted by molar-refractivity contribution is 6.02. The summed E-state index contributed by atoms with van der Waals surface area (Å²) in [5.41, 5.74) is -1.18. The lowest BCUT2D eigenvalue weighted by molar-refractivity contribution is -0.147. The number of anilines is 1. The van der Waals surface area contributed by atoms with Crippen LogP contribution in [-0.2, 0) is 19.1 Å². The van der Waals surface area contributed by atoms with Crippen LogP contribution in [0.1, 0.15) is 40.0 Å². The minimum Gasteiger partial charge on any atom is -0.395 e. The maximum atomic E-state index is 13.6. The van der Waals surface area contributed by atoms with E-state index in [1.807, 2.05) is 39.0 Å². The summed E-state index contributed by atoms with van der Waals surface area (Å²) < 4.78 is 6.59. The Kier molecular flexibility index (Phi) is 5.55. The van der Waals surface area contributed by atoms with Gasteiger partial charge in [-0.05, 0) is 45.2 Å². The van der Waals surface area contributed by atoms with Gasteiger partial charge < -0.3 is 25.4 Å². The molecule has 1 aromatic rings. The van der Waals surface area contributed by atoms with Gasteiger partial charge in [-0.1, -0.05) is 25.1 Å². The van der Waals surface area contributed by atoms with Crippen molar-refractivity contribution in [1.29, 1.82) is 0 Å². The third-order valence-corrected chi connectivity index (χ3v) is 7.02. The van der Waals surface area contributed by atoms with Gasteiger partial charge in [0.05, 0.1) is 24.0 Å². The second-order valence-corrected chi connectivity index (χ2v) is 9.11. The first-order valence-corrected chi connectivity index (χ1v) is 11.1. The molecule has 2 bridgehead atoms. The summed E-state index contributed by atoms with van der Waals surface area (Å²) >= 11 is 0. The molecule has 31 heavy (non-hydrogen) atoms. The summed E-state index contributed by atoms with van der Waals surface area (Å²) in [6.45, 7) is 5.44. The van der Waals surface area contributed by atoms with Crippen LogP contribution in [0.5, 0.6) is 0 Å². The molecule has 8 heteroatoms. The van der Waals surface area contributed by atoms with Crippen LogP contribution in [0.3, 0.4) is 0 Å². The fourth-order valence-electron chi connectivity index (χ4n) is 5.87. The molecule has 1 aromatic carbocycles. The number of aliphatic hydroxyl groups is 1. The number of rotatable bonds is 7. The van der Waals surface area contributed by atoms with Gasteiger partial charge in [0, 0.05) is 18.3 Å². The number of β-amino-alcohol motifs (C(OH)–C–C–N with tert-alkyl or cyclic N) is 1. The Morgan fingerprint density at radius 2 is 1.94 bits per heavy atom. The molecule has 0 aliphatic carbocycles. The Labute approximate surface area is 182 Å². The molecule has 0 radical (unpaired) electrons. The standard InChI is InChI=1S/C23H31N3O5/c1-4-22-10-11-23(31-22)17(16(22)19(28)25-15-8-6-5-7-9-15)21(30)26(12-13-27)18(23)20(29)24-14(2)3/h5-9,14,16-18,27H,4,10-13H2,1-3H3,(H,24,29)(H,25,28)/t16-,17+,18?,22+,23?/m1/s1. The van der Waals surface area contributed by atoms with Gasteiger partial charge in [-0.25, -0.2) is 0 Å². The van der Waals surface area contributed by atoms with Crippen molar-refractivity contribution in [3.05, 3.63) is 30.3 Å². The molecule has 8 nitrogen and oxygen atoms in total. The van der Waals surface area contributed by atoms with Crippen molar-refractivity contribution in [2.45, 2.75) is 63.3 Å². The van der Waals surface area contributed by atoms with Crippen LogP contribution in [0.4, 0.5) is 5.69 Å². The SMILES string of the molecule is CC[C@@]12CCC3(O1)C(C(=O)NC(C)C)N(CCO)C(=O)[C@@H]3[C@@H]2C(=O)Nc1ccccc1. The minimum absolute atomic E-state index is 0.0305. The molecule has 168 valence electrons. The van der Waals surface area contributed by atoms with Gasteiger partial charge in [-0.2, -0.15) is 0 Å². The number of ether oxygens (including phenoxy) is 1. The van der Waals surface area contributed by atoms with Gasteiger partial charge in [0.1, 0.15) is 11.6 Å². The molecule has 5 atom stereocenters. The molecule has 3 saturated heterocycles. The van der Waals surface area contributed by atoms with Crippen LogP contribution < -0.4 is 10.6 Å². The maximum Gasteiger partial charge on any atom is 0.246 e. The first-order valence-electron chi connectivity index (χ1n) is 11.1. The molecule has 3 fully saturated rings. The normalized spacial score (nSPS) is 33.6. The fraction of sp³-hybridized carbons (Fsp3) is 0.609. The van der Waals surface area contributed by atoms with Gasteiger partial charge in [0.25, 0.3) is 0 Å². The molecule has 4 rings (SSSR count). The highest BCUT2D eigenvalue weighted by Gasteiger charge is 2.78. The molecule has 1 spiro atoms. The van der Waals surface area contributed by atoms with Crippen LogP contribution >= 0.6 is 0 Å². The van der Waals surface area contributed by atoms with Crippen LogP contribution in [0.25, 0.3) is 0 Å². The van der Waals surface area contributed by atoms with Gasteiger partial charge in [0.2, 0.25) is 17.7 Å². The lowest BCUT2D eigenvalue weighted by Gasteiger charge is -2.33. The number of hydrogen-bond donors (Lipinski definition) is 3. The molecule has 3 aliphatic rings. The van der Waals surface area contributed by atoms with Gasteiger partial charge >= 0.3 is 0 Å². The van der Waals surface area contributed by atoms with Crippen LogP contribution in [0, 0.1) is 11.8 Å². The molecule has 3 heterocycles. The highest BCUT2D eigenvalue weighted by Crippen LogP contribution is 2.64. The highest BCUT2D eigenvalue weighted by atomic mass is 16.5. The summed E-state index contributed by atoms with van der Waals surface area (Å²) in [6, 6.07) is 8.17. The van der Waals surface area contributed by atoms with E-state index in [9.17, 15) is 19.5 Å². The predicted molar refractivity (Wildman–Crippen MR) is 114 cm³/mol. The lowest BCUT2D eigenvalue weighted by Crippen LogP contribution is -2.56.